The summed E-state index contributed by atoms with van der Waals surface area (Å²) in [5.74, 6) is 1.51. The van der Waals surface area contributed by atoms with Crippen LogP contribution < -0.4 is 9.64 Å². The molecule has 0 N–H and O–H groups in total. The minimum atomic E-state index is -0.0466. The molecular weight excluding hydrogens is 398 g/mol. The second-order valence-corrected chi connectivity index (χ2v) is 9.69. The summed E-state index contributed by atoms with van der Waals surface area (Å²) in [5.41, 5.74) is 7.03. The van der Waals surface area contributed by atoms with Crippen molar-refractivity contribution in [3.8, 4) is 5.75 Å². The van der Waals surface area contributed by atoms with Crippen LogP contribution in [0.3, 0.4) is 0 Å². The molecule has 0 bridgehead atoms. The van der Waals surface area contributed by atoms with Crippen LogP contribution in [0.2, 0.25) is 0 Å². The molecule has 2 aliphatic carbocycles. The molecule has 2 aromatic rings. The molecular formula is C28H35NO3. The Morgan fingerprint density at radius 3 is 2.41 bits per heavy atom. The molecule has 1 heterocycles. The van der Waals surface area contributed by atoms with Gasteiger partial charge in [-0.05, 0) is 72.8 Å². The normalized spacial score (nSPS) is 20.1. The van der Waals surface area contributed by atoms with E-state index >= 15 is 0 Å². The number of allylic oxidation sites excluding steroid dienone is 1. The zero-order valence-corrected chi connectivity index (χ0v) is 19.6. The van der Waals surface area contributed by atoms with Crippen LogP contribution in [0.5, 0.6) is 5.75 Å². The molecule has 32 heavy (non-hydrogen) atoms. The Morgan fingerprint density at radius 1 is 0.938 bits per heavy atom. The quantitative estimate of drug-likeness (QED) is 0.548. The Labute approximate surface area is 192 Å². The number of rotatable bonds is 6. The van der Waals surface area contributed by atoms with Crippen molar-refractivity contribution in [2.24, 2.45) is 11.3 Å². The molecule has 0 aromatic heterocycles. The van der Waals surface area contributed by atoms with Gasteiger partial charge in [0.1, 0.15) is 5.75 Å². The fraction of sp³-hybridized carbons (Fsp3) is 0.500. The summed E-state index contributed by atoms with van der Waals surface area (Å²) in [6, 6.07) is 15.5. The Bertz CT molecular complexity index is 978. The highest BCUT2D eigenvalue weighted by Crippen LogP contribution is 2.54. The number of benzene rings is 2. The van der Waals surface area contributed by atoms with Gasteiger partial charge in [-0.1, -0.05) is 30.3 Å². The van der Waals surface area contributed by atoms with Crippen LogP contribution in [-0.2, 0) is 15.9 Å². The van der Waals surface area contributed by atoms with Crippen molar-refractivity contribution >= 4 is 11.3 Å². The van der Waals surface area contributed by atoms with Gasteiger partial charge in [-0.2, -0.15) is 0 Å². The molecule has 1 saturated carbocycles. The summed E-state index contributed by atoms with van der Waals surface area (Å²) in [6.07, 6.45) is 9.45. The van der Waals surface area contributed by atoms with Crippen molar-refractivity contribution in [1.82, 2.24) is 0 Å². The molecule has 1 aliphatic heterocycles. The predicted octanol–water partition coefficient (Wildman–Crippen LogP) is 5.69. The minimum absolute atomic E-state index is 0.0466. The number of ether oxygens (including phenoxy) is 3. The van der Waals surface area contributed by atoms with Crippen molar-refractivity contribution in [1.29, 1.82) is 0 Å². The number of fused-ring (bicyclic) bond motifs is 1. The van der Waals surface area contributed by atoms with Crippen molar-refractivity contribution in [2.45, 2.75) is 44.8 Å². The lowest BCUT2D eigenvalue weighted by atomic mass is 9.57. The van der Waals surface area contributed by atoms with Gasteiger partial charge in [0.05, 0.1) is 7.11 Å². The molecule has 4 nitrogen and oxygen atoms in total. The van der Waals surface area contributed by atoms with Gasteiger partial charge < -0.3 is 19.1 Å². The molecule has 0 unspecified atom stereocenters. The average molecular weight is 434 g/mol. The van der Waals surface area contributed by atoms with Crippen molar-refractivity contribution in [3.05, 3.63) is 65.2 Å². The van der Waals surface area contributed by atoms with Gasteiger partial charge in [0.15, 0.2) is 6.29 Å². The first-order chi connectivity index (χ1) is 15.7. The summed E-state index contributed by atoms with van der Waals surface area (Å²) in [5, 5.41) is 0. The van der Waals surface area contributed by atoms with Gasteiger partial charge >= 0.3 is 0 Å². The maximum atomic E-state index is 5.89. The Morgan fingerprint density at radius 2 is 1.69 bits per heavy atom. The van der Waals surface area contributed by atoms with Crippen LogP contribution in [0.25, 0.3) is 5.57 Å². The first kappa shape index (κ1) is 21.5. The van der Waals surface area contributed by atoms with Gasteiger partial charge in [-0.25, -0.2) is 0 Å². The standard InChI is InChI=1S/C28H35NO3/c1-30-26-17-22(11-12-25(26)24-10-6-8-20-7-4-5-9-23(20)24)29-15-13-28(14-16-29)18-21(19-28)27(31-2)32-3/h4-5,7,9-12,17,21,27H,6,8,13-16,18-19H2,1-3H3. The van der Waals surface area contributed by atoms with Crippen LogP contribution in [0.4, 0.5) is 5.69 Å². The van der Waals surface area contributed by atoms with Crippen molar-refractivity contribution < 1.29 is 14.2 Å². The second-order valence-electron chi connectivity index (χ2n) is 9.69. The van der Waals surface area contributed by atoms with E-state index in [0.717, 1.165) is 31.7 Å². The summed E-state index contributed by atoms with van der Waals surface area (Å²) in [7, 11) is 5.29. The number of aryl methyl sites for hydroxylation is 1. The van der Waals surface area contributed by atoms with Crippen molar-refractivity contribution in [3.63, 3.8) is 0 Å². The SMILES string of the molecule is COc1cc(N2CCC3(CC2)CC(C(OC)OC)C3)ccc1C1=CCCc2ccccc21. The Kier molecular flexibility index (Phi) is 6.00. The summed E-state index contributed by atoms with van der Waals surface area (Å²) < 4.78 is 16.9. The highest BCUT2D eigenvalue weighted by molar-refractivity contribution is 5.86. The van der Waals surface area contributed by atoms with E-state index < -0.39 is 0 Å². The predicted molar refractivity (Wildman–Crippen MR) is 129 cm³/mol. The molecule has 5 rings (SSSR count). The molecule has 170 valence electrons. The second kappa shape index (κ2) is 8.92. The number of anilines is 1. The summed E-state index contributed by atoms with van der Waals surface area (Å²) in [6.45, 7) is 2.21. The topological polar surface area (TPSA) is 30.9 Å². The van der Waals surface area contributed by atoms with Crippen molar-refractivity contribution in [2.75, 3.05) is 39.3 Å². The molecule has 1 spiro atoms. The van der Waals surface area contributed by atoms with Crippen LogP contribution in [0.15, 0.2) is 48.5 Å². The lowest BCUT2D eigenvalue weighted by Crippen LogP contribution is -2.50. The first-order valence-electron chi connectivity index (χ1n) is 11.9. The molecule has 4 heteroatoms. The van der Waals surface area contributed by atoms with Crippen LogP contribution in [0.1, 0.15) is 48.8 Å². The zero-order chi connectivity index (χ0) is 22.1. The minimum Gasteiger partial charge on any atom is -0.496 e. The van der Waals surface area contributed by atoms with E-state index in [1.54, 1.807) is 21.3 Å². The Balaban J connectivity index is 1.29. The third-order valence-electron chi connectivity index (χ3n) is 7.97. The smallest absolute Gasteiger partial charge is 0.159 e. The maximum Gasteiger partial charge on any atom is 0.159 e. The fourth-order valence-corrected chi connectivity index (χ4v) is 6.21. The Hall–Kier alpha value is -2.30. The monoisotopic (exact) mass is 433 g/mol. The van der Waals surface area contributed by atoms with Crippen LogP contribution in [-0.4, -0.2) is 40.7 Å². The third kappa shape index (κ3) is 3.84. The van der Waals surface area contributed by atoms with Gasteiger partial charge in [0.25, 0.3) is 0 Å². The summed E-state index contributed by atoms with van der Waals surface area (Å²) >= 11 is 0. The lowest BCUT2D eigenvalue weighted by molar-refractivity contribution is -0.184. The molecule has 3 aliphatic rings. The molecule has 1 saturated heterocycles. The number of nitrogens with zero attached hydrogens (tertiary/aromatic N) is 1. The van der Waals surface area contributed by atoms with E-state index in [4.69, 9.17) is 14.2 Å². The van der Waals surface area contributed by atoms with Gasteiger partial charge in [0.2, 0.25) is 0 Å². The van der Waals surface area contributed by atoms with Gasteiger partial charge in [0, 0.05) is 50.5 Å². The van der Waals surface area contributed by atoms with Gasteiger partial charge in [-0.15, -0.1) is 0 Å². The largest absolute Gasteiger partial charge is 0.496 e. The molecule has 2 fully saturated rings. The number of hydrogen-bond donors (Lipinski definition) is 0. The van der Waals surface area contributed by atoms with Gasteiger partial charge in [-0.3, -0.25) is 0 Å². The van der Waals surface area contributed by atoms with E-state index in [-0.39, 0.29) is 6.29 Å². The number of piperidine rings is 1. The lowest BCUT2D eigenvalue weighted by Gasteiger charge is -2.54. The zero-order valence-electron chi connectivity index (χ0n) is 19.6. The first-order valence-corrected chi connectivity index (χ1v) is 11.9. The molecule has 2 aromatic carbocycles. The molecule has 0 amide bonds. The van der Waals surface area contributed by atoms with E-state index in [9.17, 15) is 0 Å². The summed E-state index contributed by atoms with van der Waals surface area (Å²) in [4.78, 5) is 2.53. The molecule has 0 atom stereocenters. The third-order valence-corrected chi connectivity index (χ3v) is 7.97. The van der Waals surface area contributed by atoms with Crippen LogP contribution in [0, 0.1) is 11.3 Å². The van der Waals surface area contributed by atoms with Crippen LogP contribution >= 0.6 is 0 Å². The highest BCUT2D eigenvalue weighted by Gasteiger charge is 2.48. The van der Waals surface area contributed by atoms with E-state index in [0.29, 0.717) is 11.3 Å². The fourth-order valence-electron chi connectivity index (χ4n) is 6.21. The van der Waals surface area contributed by atoms with E-state index in [1.807, 2.05) is 0 Å². The van der Waals surface area contributed by atoms with E-state index in [2.05, 4.69) is 53.4 Å². The highest BCUT2D eigenvalue weighted by atomic mass is 16.7. The molecule has 0 radical (unpaired) electrons. The maximum absolute atomic E-state index is 5.89. The average Bonchev–Trinajstić information content (AvgIpc) is 2.83. The number of methoxy groups -OCH3 is 3. The van der Waals surface area contributed by atoms with E-state index in [1.165, 1.54) is 53.6 Å². The number of hydrogen-bond acceptors (Lipinski definition) is 4.